The van der Waals surface area contributed by atoms with Gasteiger partial charge in [0.2, 0.25) is 17.6 Å². The molecule has 6 nitrogen and oxygen atoms in total. The number of rotatable bonds is 7. The van der Waals surface area contributed by atoms with Crippen molar-refractivity contribution in [3.8, 4) is 10.7 Å². The Morgan fingerprint density at radius 2 is 2.20 bits per heavy atom. The summed E-state index contributed by atoms with van der Waals surface area (Å²) in [6.45, 7) is 6.51. The normalized spacial score (nSPS) is 17.0. The van der Waals surface area contributed by atoms with Crippen molar-refractivity contribution < 1.29 is 9.32 Å². The van der Waals surface area contributed by atoms with Crippen LogP contribution in [0.4, 0.5) is 0 Å². The van der Waals surface area contributed by atoms with Gasteiger partial charge in [0.1, 0.15) is 0 Å². The number of carbonyl (C=O) groups excluding carboxylic acids is 1. The van der Waals surface area contributed by atoms with E-state index in [0.717, 1.165) is 50.4 Å². The van der Waals surface area contributed by atoms with Crippen molar-refractivity contribution in [3.05, 3.63) is 23.4 Å². The average Bonchev–Trinajstić information content (AvgIpc) is 3.32. The van der Waals surface area contributed by atoms with Crippen LogP contribution in [0.1, 0.15) is 19.2 Å². The van der Waals surface area contributed by atoms with Gasteiger partial charge in [-0.25, -0.2) is 0 Å². The lowest BCUT2D eigenvalue weighted by Gasteiger charge is -2.35. The number of carbonyl (C=O) groups is 1. The number of hydrogen-bond acceptors (Lipinski definition) is 7. The highest BCUT2D eigenvalue weighted by Gasteiger charge is 2.24. The lowest BCUT2D eigenvalue weighted by molar-refractivity contribution is -0.132. The van der Waals surface area contributed by atoms with Crippen LogP contribution in [0.5, 0.6) is 0 Å². The summed E-state index contributed by atoms with van der Waals surface area (Å²) in [6, 6.07) is 3.98. The number of piperazine rings is 1. The van der Waals surface area contributed by atoms with Gasteiger partial charge in [0.25, 0.3) is 0 Å². The van der Waals surface area contributed by atoms with Crippen LogP contribution in [-0.2, 0) is 11.2 Å². The molecule has 1 atom stereocenters. The summed E-state index contributed by atoms with van der Waals surface area (Å²) >= 11 is 3.23. The number of aromatic nitrogens is 2. The third-order valence-electron chi connectivity index (χ3n) is 4.46. The van der Waals surface area contributed by atoms with E-state index in [1.165, 1.54) is 0 Å². The second kappa shape index (κ2) is 8.82. The Balaban J connectivity index is 1.38. The predicted octanol–water partition coefficient (Wildman–Crippen LogP) is 2.63. The molecular formula is C17H24N4O2S2. The SMILES string of the molecule is CSC(C)C(=O)N1CCN(CCCc2nc(-c3cccs3)no2)CC1. The molecule has 3 rings (SSSR count). The maximum Gasteiger partial charge on any atom is 0.235 e. The fraction of sp³-hybridized carbons (Fsp3) is 0.588. The highest BCUT2D eigenvalue weighted by molar-refractivity contribution is 7.99. The van der Waals surface area contributed by atoms with Crippen LogP contribution in [0.2, 0.25) is 0 Å². The minimum absolute atomic E-state index is 0.0571. The zero-order valence-electron chi connectivity index (χ0n) is 14.7. The molecule has 0 saturated carbocycles. The highest BCUT2D eigenvalue weighted by Crippen LogP contribution is 2.21. The van der Waals surface area contributed by atoms with Crippen LogP contribution >= 0.6 is 23.1 Å². The van der Waals surface area contributed by atoms with Gasteiger partial charge in [0.15, 0.2) is 0 Å². The number of hydrogen-bond donors (Lipinski definition) is 0. The minimum Gasteiger partial charge on any atom is -0.339 e. The quantitative estimate of drug-likeness (QED) is 0.736. The molecule has 3 heterocycles. The number of thioether (sulfide) groups is 1. The first-order valence-electron chi connectivity index (χ1n) is 8.58. The Morgan fingerprint density at radius 3 is 2.88 bits per heavy atom. The summed E-state index contributed by atoms with van der Waals surface area (Å²) in [5.74, 6) is 1.64. The van der Waals surface area contributed by atoms with E-state index in [0.29, 0.717) is 11.7 Å². The summed E-state index contributed by atoms with van der Waals surface area (Å²) < 4.78 is 5.34. The van der Waals surface area contributed by atoms with Crippen molar-refractivity contribution in [2.45, 2.75) is 25.0 Å². The smallest absolute Gasteiger partial charge is 0.235 e. The fourth-order valence-electron chi connectivity index (χ4n) is 2.87. The minimum atomic E-state index is 0.0571. The van der Waals surface area contributed by atoms with Gasteiger partial charge in [-0.1, -0.05) is 11.2 Å². The first kappa shape index (κ1) is 18.4. The molecule has 1 aliphatic heterocycles. The molecule has 1 fully saturated rings. The number of nitrogens with zero attached hydrogens (tertiary/aromatic N) is 4. The molecule has 2 aromatic heterocycles. The molecule has 1 aliphatic rings. The van der Waals surface area contributed by atoms with Gasteiger partial charge in [0.05, 0.1) is 10.1 Å². The lowest BCUT2D eigenvalue weighted by atomic mass is 10.2. The van der Waals surface area contributed by atoms with E-state index < -0.39 is 0 Å². The standard InChI is InChI=1S/C17H24N4O2S2/c1-13(24-2)17(22)21-10-8-20(9-11-21)7-3-6-15-18-16(19-23-15)14-5-4-12-25-14/h4-5,12-13H,3,6-11H2,1-2H3. The molecule has 0 aromatic carbocycles. The van der Waals surface area contributed by atoms with E-state index in [-0.39, 0.29) is 11.2 Å². The van der Waals surface area contributed by atoms with Crippen LogP contribution in [0.25, 0.3) is 10.7 Å². The monoisotopic (exact) mass is 380 g/mol. The van der Waals surface area contributed by atoms with Gasteiger partial charge in [-0.05, 0) is 37.6 Å². The number of thiophene rings is 1. The molecule has 1 saturated heterocycles. The van der Waals surface area contributed by atoms with Crippen LogP contribution in [-0.4, -0.2) is 70.1 Å². The van der Waals surface area contributed by atoms with Crippen LogP contribution < -0.4 is 0 Å². The summed E-state index contributed by atoms with van der Waals surface area (Å²) in [5.41, 5.74) is 0. The topological polar surface area (TPSA) is 62.5 Å². The van der Waals surface area contributed by atoms with Crippen LogP contribution in [0.15, 0.2) is 22.0 Å². The van der Waals surface area contributed by atoms with E-state index in [1.807, 2.05) is 35.6 Å². The Hall–Kier alpha value is -1.38. The van der Waals surface area contributed by atoms with E-state index in [4.69, 9.17) is 4.52 Å². The maximum absolute atomic E-state index is 12.2. The first-order chi connectivity index (χ1) is 12.2. The molecule has 0 aliphatic carbocycles. The van der Waals surface area contributed by atoms with Crippen LogP contribution in [0.3, 0.4) is 0 Å². The Labute approximate surface area is 156 Å². The van der Waals surface area contributed by atoms with Gasteiger partial charge in [0, 0.05) is 32.6 Å². The molecule has 136 valence electrons. The Morgan fingerprint density at radius 1 is 1.40 bits per heavy atom. The molecule has 2 aromatic rings. The lowest BCUT2D eigenvalue weighted by Crippen LogP contribution is -2.50. The molecule has 0 radical (unpaired) electrons. The molecule has 0 bridgehead atoms. The maximum atomic E-state index is 12.2. The average molecular weight is 381 g/mol. The van der Waals surface area contributed by atoms with E-state index in [9.17, 15) is 4.79 Å². The first-order valence-corrected chi connectivity index (χ1v) is 10.7. The molecule has 1 amide bonds. The van der Waals surface area contributed by atoms with Crippen LogP contribution in [0, 0.1) is 0 Å². The second-order valence-electron chi connectivity index (χ2n) is 6.14. The van der Waals surface area contributed by atoms with Crippen molar-refractivity contribution in [2.75, 3.05) is 39.0 Å². The van der Waals surface area contributed by atoms with Gasteiger partial charge < -0.3 is 9.42 Å². The largest absolute Gasteiger partial charge is 0.339 e. The Bertz CT molecular complexity index is 666. The molecule has 0 spiro atoms. The zero-order valence-corrected chi connectivity index (χ0v) is 16.3. The van der Waals surface area contributed by atoms with E-state index in [2.05, 4.69) is 15.0 Å². The zero-order chi connectivity index (χ0) is 17.6. The fourth-order valence-corrected chi connectivity index (χ4v) is 3.87. The molecule has 1 unspecified atom stereocenters. The third kappa shape index (κ3) is 4.83. The Kier molecular flexibility index (Phi) is 6.50. The summed E-state index contributed by atoms with van der Waals surface area (Å²) in [7, 11) is 0. The van der Waals surface area contributed by atoms with Crippen molar-refractivity contribution in [1.82, 2.24) is 19.9 Å². The highest BCUT2D eigenvalue weighted by atomic mass is 32.2. The predicted molar refractivity (Wildman–Crippen MR) is 102 cm³/mol. The van der Waals surface area contributed by atoms with E-state index >= 15 is 0 Å². The molecule has 25 heavy (non-hydrogen) atoms. The van der Waals surface area contributed by atoms with Gasteiger partial charge in [-0.2, -0.15) is 16.7 Å². The third-order valence-corrected chi connectivity index (χ3v) is 6.23. The molecule has 8 heteroatoms. The summed E-state index contributed by atoms with van der Waals surface area (Å²) in [5, 5.41) is 6.11. The second-order valence-corrected chi connectivity index (χ2v) is 8.26. The number of amides is 1. The summed E-state index contributed by atoms with van der Waals surface area (Å²) in [4.78, 5) is 22.1. The van der Waals surface area contributed by atoms with Crippen molar-refractivity contribution >= 4 is 29.0 Å². The van der Waals surface area contributed by atoms with Crippen molar-refractivity contribution in [1.29, 1.82) is 0 Å². The van der Waals surface area contributed by atoms with E-state index in [1.54, 1.807) is 23.1 Å². The number of aryl methyl sites for hydroxylation is 1. The summed E-state index contributed by atoms with van der Waals surface area (Å²) in [6.07, 6.45) is 3.77. The van der Waals surface area contributed by atoms with Gasteiger partial charge in [-0.15, -0.1) is 11.3 Å². The van der Waals surface area contributed by atoms with Crippen molar-refractivity contribution in [2.24, 2.45) is 0 Å². The molecular weight excluding hydrogens is 356 g/mol. The van der Waals surface area contributed by atoms with Gasteiger partial charge >= 0.3 is 0 Å². The van der Waals surface area contributed by atoms with Gasteiger partial charge in [-0.3, -0.25) is 9.69 Å². The van der Waals surface area contributed by atoms with Crippen molar-refractivity contribution in [3.63, 3.8) is 0 Å². The molecule has 0 N–H and O–H groups in total.